The SMILES string of the molecule is CC(CCC(=O)OC(=O)CCC(C)C1=CC=CC1)C1=CC=CC1. The molecule has 3 nitrogen and oxygen atoms in total. The molecule has 0 amide bonds. The minimum absolute atomic E-state index is 0.300. The molecule has 2 atom stereocenters. The van der Waals surface area contributed by atoms with Crippen molar-refractivity contribution in [3.05, 3.63) is 47.6 Å². The van der Waals surface area contributed by atoms with E-state index in [4.69, 9.17) is 4.74 Å². The van der Waals surface area contributed by atoms with E-state index in [1.807, 2.05) is 12.2 Å². The van der Waals surface area contributed by atoms with Gasteiger partial charge in [0.25, 0.3) is 0 Å². The Bertz CT molecular complexity index is 513. The monoisotopic (exact) mass is 314 g/mol. The second-order valence-corrected chi connectivity index (χ2v) is 6.47. The lowest BCUT2D eigenvalue weighted by molar-refractivity contribution is -0.159. The van der Waals surface area contributed by atoms with Gasteiger partial charge in [-0.15, -0.1) is 0 Å². The van der Waals surface area contributed by atoms with E-state index in [0.717, 1.165) is 25.7 Å². The van der Waals surface area contributed by atoms with Crippen LogP contribution < -0.4 is 0 Å². The molecule has 0 spiro atoms. The number of ether oxygens (including phenoxy) is 1. The van der Waals surface area contributed by atoms with Crippen LogP contribution in [0.3, 0.4) is 0 Å². The highest BCUT2D eigenvalue weighted by molar-refractivity contribution is 5.85. The topological polar surface area (TPSA) is 43.4 Å². The molecule has 2 rings (SSSR count). The lowest BCUT2D eigenvalue weighted by atomic mass is 9.95. The molecule has 23 heavy (non-hydrogen) atoms. The van der Waals surface area contributed by atoms with Gasteiger partial charge in [0.05, 0.1) is 0 Å². The quantitative estimate of drug-likeness (QED) is 0.483. The van der Waals surface area contributed by atoms with Crippen molar-refractivity contribution in [2.45, 2.75) is 52.4 Å². The number of hydrogen-bond donors (Lipinski definition) is 0. The van der Waals surface area contributed by atoms with Crippen LogP contribution in [0.4, 0.5) is 0 Å². The lowest BCUT2D eigenvalue weighted by Gasteiger charge is -2.13. The predicted molar refractivity (Wildman–Crippen MR) is 91.6 cm³/mol. The van der Waals surface area contributed by atoms with E-state index in [0.29, 0.717) is 24.7 Å². The number of carbonyl (C=O) groups is 2. The average Bonchev–Trinajstić information content (AvgIpc) is 3.22. The average molecular weight is 314 g/mol. The third kappa shape index (κ3) is 5.66. The van der Waals surface area contributed by atoms with Crippen molar-refractivity contribution in [3.63, 3.8) is 0 Å². The Morgan fingerprint density at radius 3 is 1.70 bits per heavy atom. The van der Waals surface area contributed by atoms with Crippen LogP contribution in [0.25, 0.3) is 0 Å². The molecule has 2 unspecified atom stereocenters. The second kappa shape index (κ2) is 8.66. The zero-order valence-electron chi connectivity index (χ0n) is 14.1. The highest BCUT2D eigenvalue weighted by Gasteiger charge is 2.17. The van der Waals surface area contributed by atoms with Crippen LogP contribution >= 0.6 is 0 Å². The van der Waals surface area contributed by atoms with Gasteiger partial charge in [-0.25, -0.2) is 0 Å². The Labute approximate surface area is 138 Å². The first-order valence-corrected chi connectivity index (χ1v) is 8.51. The number of hydrogen-bond acceptors (Lipinski definition) is 3. The van der Waals surface area contributed by atoms with Crippen molar-refractivity contribution in [2.24, 2.45) is 11.8 Å². The Morgan fingerprint density at radius 1 is 0.913 bits per heavy atom. The van der Waals surface area contributed by atoms with E-state index in [9.17, 15) is 9.59 Å². The van der Waals surface area contributed by atoms with Gasteiger partial charge in [0.2, 0.25) is 0 Å². The van der Waals surface area contributed by atoms with Crippen molar-refractivity contribution in [1.82, 2.24) is 0 Å². The van der Waals surface area contributed by atoms with Crippen LogP contribution in [0.15, 0.2) is 47.6 Å². The van der Waals surface area contributed by atoms with E-state index < -0.39 is 11.9 Å². The van der Waals surface area contributed by atoms with E-state index in [1.165, 1.54) is 11.1 Å². The van der Waals surface area contributed by atoms with E-state index in [1.54, 1.807) is 0 Å². The molecule has 0 heterocycles. The van der Waals surface area contributed by atoms with Gasteiger partial charge in [-0.1, -0.05) is 61.4 Å². The summed E-state index contributed by atoms with van der Waals surface area (Å²) in [6.07, 6.45) is 16.5. The summed E-state index contributed by atoms with van der Waals surface area (Å²) in [5, 5.41) is 0. The summed E-state index contributed by atoms with van der Waals surface area (Å²) < 4.78 is 4.93. The zero-order chi connectivity index (χ0) is 16.7. The molecule has 0 N–H and O–H groups in total. The Balaban J connectivity index is 1.61. The summed E-state index contributed by atoms with van der Waals surface area (Å²) in [7, 11) is 0. The fourth-order valence-electron chi connectivity index (χ4n) is 2.93. The molecule has 0 aliphatic heterocycles. The van der Waals surface area contributed by atoms with Crippen LogP contribution in [-0.2, 0) is 14.3 Å². The highest BCUT2D eigenvalue weighted by Crippen LogP contribution is 2.25. The molecular formula is C20H26O3. The molecule has 0 radical (unpaired) electrons. The molecular weight excluding hydrogens is 288 g/mol. The van der Waals surface area contributed by atoms with Crippen LogP contribution in [-0.4, -0.2) is 11.9 Å². The summed E-state index contributed by atoms with van der Waals surface area (Å²) in [5.74, 6) is -0.0884. The fraction of sp³-hybridized carbons (Fsp3) is 0.500. The van der Waals surface area contributed by atoms with Gasteiger partial charge in [-0.3, -0.25) is 9.59 Å². The summed E-state index contributed by atoms with van der Waals surface area (Å²) in [6, 6.07) is 0. The number of carbonyl (C=O) groups excluding carboxylic acids is 2. The van der Waals surface area contributed by atoms with Gasteiger partial charge in [-0.05, 0) is 37.5 Å². The molecule has 0 bridgehead atoms. The van der Waals surface area contributed by atoms with Gasteiger partial charge in [-0.2, -0.15) is 0 Å². The zero-order valence-corrected chi connectivity index (χ0v) is 14.1. The van der Waals surface area contributed by atoms with E-state index in [-0.39, 0.29) is 0 Å². The minimum atomic E-state index is -0.400. The molecule has 0 fully saturated rings. The first-order chi connectivity index (χ1) is 11.1. The molecule has 3 heteroatoms. The maximum absolute atomic E-state index is 11.8. The van der Waals surface area contributed by atoms with Crippen molar-refractivity contribution >= 4 is 11.9 Å². The fourth-order valence-corrected chi connectivity index (χ4v) is 2.93. The Hall–Kier alpha value is -1.90. The van der Waals surface area contributed by atoms with Crippen LogP contribution in [0.1, 0.15) is 52.4 Å². The molecule has 2 aliphatic carbocycles. The van der Waals surface area contributed by atoms with Crippen LogP contribution in [0, 0.1) is 11.8 Å². The maximum Gasteiger partial charge on any atom is 0.313 e. The smallest absolute Gasteiger partial charge is 0.313 e. The first-order valence-electron chi connectivity index (χ1n) is 8.51. The van der Waals surface area contributed by atoms with Crippen LogP contribution in [0.2, 0.25) is 0 Å². The standard InChI is InChI=1S/C20H26O3/c1-15(17-7-3-4-8-17)11-13-19(21)23-20(22)14-12-16(2)18-9-5-6-10-18/h3-7,9,15-16H,8,10-14H2,1-2H3. The summed E-state index contributed by atoms with van der Waals surface area (Å²) in [4.78, 5) is 23.5. The maximum atomic E-state index is 11.8. The lowest BCUT2D eigenvalue weighted by Crippen LogP contribution is -2.14. The number of esters is 2. The molecule has 0 aromatic heterocycles. The third-order valence-corrected chi connectivity index (χ3v) is 4.66. The largest absolute Gasteiger partial charge is 0.393 e. The van der Waals surface area contributed by atoms with Crippen LogP contribution in [0.5, 0.6) is 0 Å². The van der Waals surface area contributed by atoms with Crippen molar-refractivity contribution in [3.8, 4) is 0 Å². The van der Waals surface area contributed by atoms with E-state index in [2.05, 4.69) is 38.2 Å². The molecule has 0 aromatic carbocycles. The first kappa shape index (κ1) is 17.5. The third-order valence-electron chi connectivity index (χ3n) is 4.66. The second-order valence-electron chi connectivity index (χ2n) is 6.47. The molecule has 0 saturated carbocycles. The van der Waals surface area contributed by atoms with Crippen molar-refractivity contribution < 1.29 is 14.3 Å². The highest BCUT2D eigenvalue weighted by atomic mass is 16.6. The number of allylic oxidation sites excluding steroid dienone is 8. The normalized spacial score (nSPS) is 18.5. The summed E-state index contributed by atoms with van der Waals surface area (Å²) in [5.41, 5.74) is 2.69. The van der Waals surface area contributed by atoms with Gasteiger partial charge in [0.15, 0.2) is 0 Å². The predicted octanol–water partition coefficient (Wildman–Crippen LogP) is 4.66. The molecule has 0 aromatic rings. The van der Waals surface area contributed by atoms with Gasteiger partial charge in [0, 0.05) is 12.8 Å². The minimum Gasteiger partial charge on any atom is -0.393 e. The molecule has 0 saturated heterocycles. The van der Waals surface area contributed by atoms with Crippen molar-refractivity contribution in [2.75, 3.05) is 0 Å². The summed E-state index contributed by atoms with van der Waals surface area (Å²) >= 11 is 0. The van der Waals surface area contributed by atoms with Gasteiger partial charge in [0.1, 0.15) is 0 Å². The Kier molecular flexibility index (Phi) is 6.57. The van der Waals surface area contributed by atoms with Gasteiger partial charge < -0.3 is 4.74 Å². The Morgan fingerprint density at radius 2 is 1.35 bits per heavy atom. The summed E-state index contributed by atoms with van der Waals surface area (Å²) in [6.45, 7) is 4.22. The van der Waals surface area contributed by atoms with Gasteiger partial charge >= 0.3 is 11.9 Å². The number of rotatable bonds is 8. The van der Waals surface area contributed by atoms with Crippen molar-refractivity contribution in [1.29, 1.82) is 0 Å². The van der Waals surface area contributed by atoms with E-state index >= 15 is 0 Å². The molecule has 2 aliphatic rings. The molecule has 124 valence electrons.